The van der Waals surface area contributed by atoms with Crippen molar-refractivity contribution in [3.05, 3.63) is 0 Å². The first-order chi connectivity index (χ1) is 5.31. The van der Waals surface area contributed by atoms with Crippen LogP contribution in [0, 0.1) is 5.41 Å². The molecular formula is C7H16N2O2S. The molecule has 0 saturated carbocycles. The first kappa shape index (κ1) is 9.95. The molecule has 5 heteroatoms. The first-order valence-electron chi connectivity index (χ1n) is 3.99. The van der Waals surface area contributed by atoms with Gasteiger partial charge in [0.25, 0.3) is 0 Å². The predicted octanol–water partition coefficient (Wildman–Crippen LogP) is -0.466. The first-order valence-corrected chi connectivity index (χ1v) is 5.88. The fraction of sp³-hybridized carbons (Fsp3) is 1.00. The van der Waals surface area contributed by atoms with E-state index in [9.17, 15) is 8.42 Å². The Kier molecular flexibility index (Phi) is 2.47. The van der Waals surface area contributed by atoms with Crippen molar-refractivity contribution in [2.45, 2.75) is 19.9 Å². The van der Waals surface area contributed by atoms with Gasteiger partial charge in [-0.15, -0.1) is 0 Å². The van der Waals surface area contributed by atoms with Crippen molar-refractivity contribution in [3.8, 4) is 0 Å². The second-order valence-electron chi connectivity index (χ2n) is 4.04. The van der Waals surface area contributed by atoms with Gasteiger partial charge in [-0.25, -0.2) is 13.1 Å². The molecule has 0 aromatic heterocycles. The van der Waals surface area contributed by atoms with E-state index in [-0.39, 0.29) is 11.5 Å². The smallest absolute Gasteiger partial charge is 0.208 e. The van der Waals surface area contributed by atoms with E-state index in [1.54, 1.807) is 0 Å². The van der Waals surface area contributed by atoms with E-state index in [1.165, 1.54) is 6.26 Å². The Morgan fingerprint density at radius 3 is 2.42 bits per heavy atom. The highest BCUT2D eigenvalue weighted by atomic mass is 32.2. The Bertz CT molecular complexity index is 259. The van der Waals surface area contributed by atoms with Crippen LogP contribution in [0.2, 0.25) is 0 Å². The van der Waals surface area contributed by atoms with Crippen molar-refractivity contribution in [3.63, 3.8) is 0 Å². The van der Waals surface area contributed by atoms with Gasteiger partial charge in [-0.3, -0.25) is 0 Å². The lowest BCUT2D eigenvalue weighted by Crippen LogP contribution is -2.63. The van der Waals surface area contributed by atoms with Gasteiger partial charge in [0.15, 0.2) is 0 Å². The minimum Gasteiger partial charge on any atom is -0.311 e. The third-order valence-electron chi connectivity index (χ3n) is 2.30. The molecule has 1 rings (SSSR count). The standard InChI is InChI=1S/C7H16N2O2S/c1-7(2)5-8-6(7)4-9-12(3,10)11/h6,8-9H,4-5H2,1-3H3. The number of sulfonamides is 1. The Morgan fingerprint density at radius 2 is 2.17 bits per heavy atom. The van der Waals surface area contributed by atoms with E-state index in [1.807, 2.05) is 0 Å². The van der Waals surface area contributed by atoms with Crippen LogP contribution >= 0.6 is 0 Å². The maximum Gasteiger partial charge on any atom is 0.208 e. The molecule has 72 valence electrons. The molecule has 0 aliphatic carbocycles. The highest BCUT2D eigenvalue weighted by Gasteiger charge is 2.37. The molecule has 0 radical (unpaired) electrons. The van der Waals surface area contributed by atoms with E-state index in [0.717, 1.165) is 6.54 Å². The molecule has 1 heterocycles. The van der Waals surface area contributed by atoms with E-state index >= 15 is 0 Å². The van der Waals surface area contributed by atoms with Crippen LogP contribution in [0.1, 0.15) is 13.8 Å². The molecular weight excluding hydrogens is 176 g/mol. The molecule has 1 aliphatic rings. The van der Waals surface area contributed by atoms with Crippen LogP contribution < -0.4 is 10.0 Å². The van der Waals surface area contributed by atoms with E-state index in [4.69, 9.17) is 0 Å². The summed E-state index contributed by atoms with van der Waals surface area (Å²) in [5.74, 6) is 0. The van der Waals surface area contributed by atoms with Gasteiger partial charge in [0.1, 0.15) is 0 Å². The zero-order chi connectivity index (χ0) is 9.41. The molecule has 0 bridgehead atoms. The minimum absolute atomic E-state index is 0.220. The van der Waals surface area contributed by atoms with Crippen LogP contribution in [-0.2, 0) is 10.0 Å². The van der Waals surface area contributed by atoms with Gasteiger partial charge in [0.2, 0.25) is 10.0 Å². The predicted molar refractivity (Wildman–Crippen MR) is 48.4 cm³/mol. The van der Waals surface area contributed by atoms with Crippen LogP contribution in [-0.4, -0.2) is 33.8 Å². The summed E-state index contributed by atoms with van der Waals surface area (Å²) >= 11 is 0. The van der Waals surface area contributed by atoms with Gasteiger partial charge in [0, 0.05) is 19.1 Å². The summed E-state index contributed by atoms with van der Waals surface area (Å²) in [7, 11) is -3.04. The van der Waals surface area contributed by atoms with Gasteiger partial charge in [0.05, 0.1) is 6.26 Å². The quantitative estimate of drug-likeness (QED) is 0.636. The minimum atomic E-state index is -3.04. The molecule has 2 N–H and O–H groups in total. The average Bonchev–Trinajstić information content (AvgIpc) is 1.83. The maximum atomic E-state index is 10.7. The summed E-state index contributed by atoms with van der Waals surface area (Å²) in [6.07, 6.45) is 1.18. The molecule has 1 aliphatic heterocycles. The topological polar surface area (TPSA) is 58.2 Å². The fourth-order valence-electron chi connectivity index (χ4n) is 1.24. The Morgan fingerprint density at radius 1 is 1.58 bits per heavy atom. The van der Waals surface area contributed by atoms with Crippen LogP contribution in [0.5, 0.6) is 0 Å². The van der Waals surface area contributed by atoms with Crippen molar-refractivity contribution >= 4 is 10.0 Å². The third-order valence-corrected chi connectivity index (χ3v) is 2.99. The summed E-state index contributed by atoms with van der Waals surface area (Å²) < 4.78 is 24.0. The molecule has 1 atom stereocenters. The van der Waals surface area contributed by atoms with Gasteiger partial charge < -0.3 is 5.32 Å². The van der Waals surface area contributed by atoms with E-state index < -0.39 is 10.0 Å². The Balaban J connectivity index is 2.35. The van der Waals surface area contributed by atoms with Gasteiger partial charge in [-0.2, -0.15) is 0 Å². The molecule has 1 unspecified atom stereocenters. The second kappa shape index (κ2) is 2.97. The summed E-state index contributed by atoms with van der Waals surface area (Å²) in [6.45, 7) is 5.70. The second-order valence-corrected chi connectivity index (χ2v) is 5.88. The molecule has 0 amide bonds. The van der Waals surface area contributed by atoms with Crippen LogP contribution in [0.3, 0.4) is 0 Å². The summed E-state index contributed by atoms with van der Waals surface area (Å²) in [5.41, 5.74) is 0.220. The molecule has 1 fully saturated rings. The fourth-order valence-corrected chi connectivity index (χ4v) is 1.71. The molecule has 0 aromatic carbocycles. The summed E-state index contributed by atoms with van der Waals surface area (Å²) in [4.78, 5) is 0. The van der Waals surface area contributed by atoms with E-state index in [0.29, 0.717) is 6.54 Å². The SMILES string of the molecule is CC1(C)CNC1CNS(C)(=O)=O. The normalized spacial score (nSPS) is 28.1. The molecule has 0 spiro atoms. The Labute approximate surface area is 73.8 Å². The van der Waals surface area contributed by atoms with Gasteiger partial charge >= 0.3 is 0 Å². The number of nitrogens with one attached hydrogen (secondary N) is 2. The lowest BCUT2D eigenvalue weighted by molar-refractivity contribution is 0.130. The zero-order valence-corrected chi connectivity index (χ0v) is 8.53. The van der Waals surface area contributed by atoms with Crippen molar-refractivity contribution in [1.29, 1.82) is 0 Å². The third kappa shape index (κ3) is 2.43. The maximum absolute atomic E-state index is 10.7. The average molecular weight is 192 g/mol. The lowest BCUT2D eigenvalue weighted by atomic mass is 9.77. The molecule has 12 heavy (non-hydrogen) atoms. The van der Waals surface area contributed by atoms with Gasteiger partial charge in [-0.1, -0.05) is 13.8 Å². The number of hydrogen-bond donors (Lipinski definition) is 2. The van der Waals surface area contributed by atoms with E-state index in [2.05, 4.69) is 23.9 Å². The largest absolute Gasteiger partial charge is 0.311 e. The Hall–Kier alpha value is -0.130. The van der Waals surface area contributed by atoms with Crippen molar-refractivity contribution < 1.29 is 8.42 Å². The van der Waals surface area contributed by atoms with Crippen LogP contribution in [0.25, 0.3) is 0 Å². The molecule has 4 nitrogen and oxygen atoms in total. The van der Waals surface area contributed by atoms with Crippen molar-refractivity contribution in [2.75, 3.05) is 19.3 Å². The van der Waals surface area contributed by atoms with Gasteiger partial charge in [-0.05, 0) is 5.41 Å². The summed E-state index contributed by atoms with van der Waals surface area (Å²) in [6, 6.07) is 0.271. The monoisotopic (exact) mass is 192 g/mol. The summed E-state index contributed by atoms with van der Waals surface area (Å²) in [5, 5.41) is 3.18. The van der Waals surface area contributed by atoms with Crippen LogP contribution in [0.15, 0.2) is 0 Å². The number of hydrogen-bond acceptors (Lipinski definition) is 3. The highest BCUT2D eigenvalue weighted by molar-refractivity contribution is 7.88. The van der Waals surface area contributed by atoms with Crippen molar-refractivity contribution in [1.82, 2.24) is 10.0 Å². The lowest BCUT2D eigenvalue weighted by Gasteiger charge is -2.45. The molecule has 1 saturated heterocycles. The van der Waals surface area contributed by atoms with Crippen molar-refractivity contribution in [2.24, 2.45) is 5.41 Å². The number of rotatable bonds is 3. The zero-order valence-electron chi connectivity index (χ0n) is 7.72. The molecule has 0 aromatic rings. The van der Waals surface area contributed by atoms with Crippen LogP contribution in [0.4, 0.5) is 0 Å². The highest BCUT2D eigenvalue weighted by Crippen LogP contribution is 2.27.